The topological polar surface area (TPSA) is 83.6 Å². The third kappa shape index (κ3) is 3.97. The van der Waals surface area contributed by atoms with Crippen LogP contribution in [0.15, 0.2) is 42.6 Å². The summed E-state index contributed by atoms with van der Waals surface area (Å²) in [6, 6.07) is 10.9. The molecule has 2 heterocycles. The molecule has 0 saturated heterocycles. The Kier molecular flexibility index (Phi) is 4.86. The number of halogens is 1. The van der Waals surface area contributed by atoms with Crippen molar-refractivity contribution in [3.05, 3.63) is 59.1 Å². The number of anilines is 1. The zero-order valence-electron chi connectivity index (χ0n) is 13.1. The molecule has 6 nitrogen and oxygen atoms in total. The molecular weight excluding hydrogens is 326 g/mol. The van der Waals surface area contributed by atoms with Crippen LogP contribution in [-0.2, 0) is 11.2 Å². The molecule has 0 spiro atoms. The first-order chi connectivity index (χ1) is 11.6. The molecule has 0 aliphatic heterocycles. The molecule has 0 saturated carbocycles. The molecule has 0 aliphatic rings. The standard InChI is InChI=1S/C17H16ClN5O/c1-11-20-17(23-22-11)14-7-5-13(10-15(14)18)21-16(24)8-6-12-4-2-3-9-19-12/h2-5,7,9-10H,6,8H2,1H3,(H,21,24)(H,20,22,23). The monoisotopic (exact) mass is 341 g/mol. The Hall–Kier alpha value is -2.73. The lowest BCUT2D eigenvalue weighted by Crippen LogP contribution is -2.12. The molecule has 24 heavy (non-hydrogen) atoms. The zero-order chi connectivity index (χ0) is 16.9. The van der Waals surface area contributed by atoms with Crippen molar-refractivity contribution in [1.82, 2.24) is 20.2 Å². The van der Waals surface area contributed by atoms with E-state index in [2.05, 4.69) is 25.5 Å². The van der Waals surface area contributed by atoms with Crippen molar-refractivity contribution in [2.75, 3.05) is 5.32 Å². The van der Waals surface area contributed by atoms with Gasteiger partial charge in [-0.25, -0.2) is 4.98 Å². The highest BCUT2D eigenvalue weighted by Crippen LogP contribution is 2.28. The first kappa shape index (κ1) is 16.1. The Morgan fingerprint density at radius 1 is 1.29 bits per heavy atom. The lowest BCUT2D eigenvalue weighted by molar-refractivity contribution is -0.116. The number of aromatic amines is 1. The summed E-state index contributed by atoms with van der Waals surface area (Å²) in [5.41, 5.74) is 2.25. The lowest BCUT2D eigenvalue weighted by atomic mass is 10.1. The van der Waals surface area contributed by atoms with Gasteiger partial charge in [0.2, 0.25) is 5.91 Å². The number of benzene rings is 1. The minimum absolute atomic E-state index is 0.0850. The molecule has 122 valence electrons. The number of rotatable bonds is 5. The van der Waals surface area contributed by atoms with Crippen molar-refractivity contribution in [3.8, 4) is 11.4 Å². The average molecular weight is 342 g/mol. The average Bonchev–Trinajstić information content (AvgIpc) is 3.00. The SMILES string of the molecule is Cc1nc(-c2ccc(NC(=O)CCc3ccccn3)cc2Cl)n[nH]1. The highest BCUT2D eigenvalue weighted by atomic mass is 35.5. The van der Waals surface area contributed by atoms with E-state index in [1.165, 1.54) is 0 Å². The largest absolute Gasteiger partial charge is 0.326 e. The molecule has 3 rings (SSSR count). The van der Waals surface area contributed by atoms with Crippen molar-refractivity contribution in [3.63, 3.8) is 0 Å². The van der Waals surface area contributed by atoms with E-state index in [0.717, 1.165) is 5.69 Å². The third-order valence-electron chi connectivity index (χ3n) is 3.43. The fraction of sp³-hybridized carbons (Fsp3) is 0.176. The number of nitrogens with zero attached hydrogens (tertiary/aromatic N) is 3. The molecule has 1 amide bonds. The number of hydrogen-bond donors (Lipinski definition) is 2. The number of amides is 1. The molecule has 0 aliphatic carbocycles. The molecule has 0 fully saturated rings. The summed E-state index contributed by atoms with van der Waals surface area (Å²) in [6.45, 7) is 1.82. The van der Waals surface area contributed by atoms with E-state index >= 15 is 0 Å². The van der Waals surface area contributed by atoms with E-state index in [0.29, 0.717) is 40.8 Å². The first-order valence-electron chi connectivity index (χ1n) is 7.50. The minimum Gasteiger partial charge on any atom is -0.326 e. The third-order valence-corrected chi connectivity index (χ3v) is 3.74. The number of carbonyl (C=O) groups is 1. The maximum atomic E-state index is 12.0. The molecule has 3 aromatic rings. The van der Waals surface area contributed by atoms with E-state index in [1.807, 2.05) is 25.1 Å². The van der Waals surface area contributed by atoms with E-state index in [9.17, 15) is 4.79 Å². The molecule has 0 atom stereocenters. The smallest absolute Gasteiger partial charge is 0.224 e. The highest BCUT2D eigenvalue weighted by Gasteiger charge is 2.10. The summed E-state index contributed by atoms with van der Waals surface area (Å²) in [5, 5.41) is 10.2. The fourth-order valence-electron chi connectivity index (χ4n) is 2.25. The van der Waals surface area contributed by atoms with Gasteiger partial charge in [0.1, 0.15) is 5.82 Å². The number of carbonyl (C=O) groups excluding carboxylic acids is 1. The number of aromatic nitrogens is 4. The second-order valence-corrected chi connectivity index (χ2v) is 5.72. The molecule has 2 N–H and O–H groups in total. The van der Waals surface area contributed by atoms with Crippen LogP contribution in [0.2, 0.25) is 5.02 Å². The number of aryl methyl sites for hydroxylation is 2. The number of hydrogen-bond acceptors (Lipinski definition) is 4. The lowest BCUT2D eigenvalue weighted by Gasteiger charge is -2.07. The van der Waals surface area contributed by atoms with Crippen molar-refractivity contribution in [1.29, 1.82) is 0 Å². The van der Waals surface area contributed by atoms with Crippen LogP contribution in [0.1, 0.15) is 17.9 Å². The zero-order valence-corrected chi connectivity index (χ0v) is 13.8. The predicted molar refractivity (Wildman–Crippen MR) is 92.8 cm³/mol. The van der Waals surface area contributed by atoms with Crippen LogP contribution in [0.3, 0.4) is 0 Å². The minimum atomic E-state index is -0.0850. The van der Waals surface area contributed by atoms with Crippen molar-refractivity contribution in [2.45, 2.75) is 19.8 Å². The summed E-state index contributed by atoms with van der Waals surface area (Å²) >= 11 is 6.27. The van der Waals surface area contributed by atoms with Crippen molar-refractivity contribution >= 4 is 23.2 Å². The molecule has 0 bridgehead atoms. The molecule has 0 radical (unpaired) electrons. The van der Waals surface area contributed by atoms with Gasteiger partial charge in [-0.15, -0.1) is 0 Å². The van der Waals surface area contributed by atoms with Crippen LogP contribution in [0.25, 0.3) is 11.4 Å². The van der Waals surface area contributed by atoms with Gasteiger partial charge >= 0.3 is 0 Å². The molecule has 1 aromatic carbocycles. The highest BCUT2D eigenvalue weighted by molar-refractivity contribution is 6.33. The van der Waals surface area contributed by atoms with Gasteiger partial charge in [0.25, 0.3) is 0 Å². The van der Waals surface area contributed by atoms with Crippen LogP contribution in [0.4, 0.5) is 5.69 Å². The van der Waals surface area contributed by atoms with Gasteiger partial charge in [0, 0.05) is 29.6 Å². The van der Waals surface area contributed by atoms with Gasteiger partial charge < -0.3 is 5.32 Å². The Bertz CT molecular complexity index is 847. The molecule has 2 aromatic heterocycles. The number of H-pyrrole nitrogens is 1. The first-order valence-corrected chi connectivity index (χ1v) is 7.88. The molecule has 0 unspecified atom stereocenters. The summed E-state index contributed by atoms with van der Waals surface area (Å²) in [4.78, 5) is 20.5. The van der Waals surface area contributed by atoms with Gasteiger partial charge in [-0.1, -0.05) is 17.7 Å². The van der Waals surface area contributed by atoms with Gasteiger partial charge in [0.15, 0.2) is 5.82 Å². The van der Waals surface area contributed by atoms with Gasteiger partial charge in [-0.2, -0.15) is 5.10 Å². The Balaban J connectivity index is 1.63. The summed E-state index contributed by atoms with van der Waals surface area (Å²) in [7, 11) is 0. The van der Waals surface area contributed by atoms with Crippen LogP contribution in [0, 0.1) is 6.92 Å². The van der Waals surface area contributed by atoms with Crippen molar-refractivity contribution < 1.29 is 4.79 Å². The van der Waals surface area contributed by atoms with Gasteiger partial charge in [-0.05, 0) is 43.7 Å². The normalized spacial score (nSPS) is 10.6. The van der Waals surface area contributed by atoms with Crippen LogP contribution in [0.5, 0.6) is 0 Å². The molecular formula is C17H16ClN5O. The Labute approximate surface area is 144 Å². The van der Waals surface area contributed by atoms with Crippen molar-refractivity contribution in [2.24, 2.45) is 0 Å². The second-order valence-electron chi connectivity index (χ2n) is 5.31. The number of pyridine rings is 1. The maximum Gasteiger partial charge on any atom is 0.224 e. The van der Waals surface area contributed by atoms with E-state index in [-0.39, 0.29) is 5.91 Å². The maximum absolute atomic E-state index is 12.0. The second kappa shape index (κ2) is 7.23. The van der Waals surface area contributed by atoms with E-state index < -0.39 is 0 Å². The fourth-order valence-corrected chi connectivity index (χ4v) is 2.51. The van der Waals surface area contributed by atoms with Gasteiger partial charge in [0.05, 0.1) is 5.02 Å². The Morgan fingerprint density at radius 2 is 2.17 bits per heavy atom. The van der Waals surface area contributed by atoms with E-state index in [4.69, 9.17) is 11.6 Å². The van der Waals surface area contributed by atoms with Gasteiger partial charge in [-0.3, -0.25) is 14.9 Å². The summed E-state index contributed by atoms with van der Waals surface area (Å²) < 4.78 is 0. The van der Waals surface area contributed by atoms with E-state index in [1.54, 1.807) is 24.4 Å². The number of nitrogens with one attached hydrogen (secondary N) is 2. The summed E-state index contributed by atoms with van der Waals surface area (Å²) in [5.74, 6) is 1.16. The Morgan fingerprint density at radius 3 is 2.83 bits per heavy atom. The quantitative estimate of drug-likeness (QED) is 0.745. The summed E-state index contributed by atoms with van der Waals surface area (Å²) in [6.07, 6.45) is 2.67. The van der Waals surface area contributed by atoms with Crippen LogP contribution in [-0.4, -0.2) is 26.1 Å². The molecule has 7 heteroatoms. The van der Waals surface area contributed by atoms with Crippen LogP contribution >= 0.6 is 11.6 Å². The predicted octanol–water partition coefficient (Wildman–Crippen LogP) is 3.40. The van der Waals surface area contributed by atoms with Crippen LogP contribution < -0.4 is 5.32 Å².